The van der Waals surface area contributed by atoms with E-state index in [2.05, 4.69) is 18.7 Å². The van der Waals surface area contributed by atoms with E-state index in [9.17, 15) is 9.90 Å². The van der Waals surface area contributed by atoms with E-state index in [1.165, 1.54) is 205 Å². The molecule has 0 fully saturated rings. The molecule has 0 spiro atoms. The van der Waals surface area contributed by atoms with E-state index < -0.39 is 5.97 Å². The van der Waals surface area contributed by atoms with E-state index in [0.717, 1.165) is 13.1 Å². The van der Waals surface area contributed by atoms with Gasteiger partial charge in [-0.25, -0.2) is 0 Å². The molecular weight excluding hydrogens is 554 g/mol. The van der Waals surface area contributed by atoms with Crippen LogP contribution in [0.25, 0.3) is 0 Å². The fourth-order valence-electron chi connectivity index (χ4n) is 6.35. The van der Waals surface area contributed by atoms with Crippen LogP contribution in [0.1, 0.15) is 226 Å². The predicted octanol–water partition coefficient (Wildman–Crippen LogP) is 8.96. The van der Waals surface area contributed by atoms with Crippen LogP contribution in [0.5, 0.6) is 0 Å². The van der Waals surface area contributed by atoms with Gasteiger partial charge in [0, 0.05) is 12.5 Å². The van der Waals surface area contributed by atoms with Crippen molar-refractivity contribution in [2.24, 2.45) is 0 Å². The molecule has 0 aromatic rings. The average molecular weight is 632 g/mol. The second-order valence-electron chi connectivity index (χ2n) is 13.6. The zero-order valence-electron chi connectivity index (χ0n) is 30.2. The van der Waals surface area contributed by atoms with Gasteiger partial charge in [-0.15, -0.1) is 0 Å². The Kier molecular flexibility index (Phi) is 44.1. The molecule has 0 aliphatic heterocycles. The summed E-state index contributed by atoms with van der Waals surface area (Å²) in [6, 6.07) is 0. The van der Waals surface area contributed by atoms with Gasteiger partial charge in [-0.1, -0.05) is 206 Å². The molecule has 0 rings (SSSR count). The molecule has 0 saturated heterocycles. The molecule has 0 amide bonds. The zero-order chi connectivity index (χ0) is 30.6. The van der Waals surface area contributed by atoms with E-state index >= 15 is 0 Å². The summed E-state index contributed by atoms with van der Waals surface area (Å²) in [4.78, 5) is 13.4. The van der Waals surface area contributed by atoms with Gasteiger partial charge < -0.3 is 14.8 Å². The SMILES string of the molecule is CCCCCCCCCCCCCCCCCCN(CCCCCCCCCCCCCCCCCC)CCC(=O)[O-].[K+]. The van der Waals surface area contributed by atoms with Gasteiger partial charge in [0.25, 0.3) is 0 Å². The van der Waals surface area contributed by atoms with Crippen molar-refractivity contribution >= 4 is 5.97 Å². The third-order valence-corrected chi connectivity index (χ3v) is 9.29. The van der Waals surface area contributed by atoms with E-state index in [4.69, 9.17) is 0 Å². The molecule has 3 nitrogen and oxygen atoms in total. The minimum atomic E-state index is -0.904. The molecule has 0 atom stereocenters. The monoisotopic (exact) mass is 632 g/mol. The Bertz CT molecular complexity index is 479. The van der Waals surface area contributed by atoms with Crippen molar-refractivity contribution in [2.75, 3.05) is 19.6 Å². The van der Waals surface area contributed by atoms with Crippen molar-refractivity contribution in [1.29, 1.82) is 0 Å². The molecule has 0 aromatic carbocycles. The van der Waals surface area contributed by atoms with Crippen LogP contribution < -0.4 is 56.5 Å². The van der Waals surface area contributed by atoms with Gasteiger partial charge in [0.2, 0.25) is 0 Å². The number of carboxylic acid groups (broad SMARTS) is 1. The minimum absolute atomic E-state index is 0. The van der Waals surface area contributed by atoms with Gasteiger partial charge in [-0.2, -0.15) is 0 Å². The molecule has 4 heteroatoms. The second kappa shape index (κ2) is 41.1. The van der Waals surface area contributed by atoms with Crippen LogP contribution in [-0.4, -0.2) is 30.5 Å². The molecule has 0 radical (unpaired) electrons. The van der Waals surface area contributed by atoms with Crippen molar-refractivity contribution in [3.8, 4) is 0 Å². The number of carboxylic acids is 1. The van der Waals surface area contributed by atoms with Crippen LogP contribution in [0.4, 0.5) is 0 Å². The van der Waals surface area contributed by atoms with E-state index in [0.29, 0.717) is 6.54 Å². The number of rotatable bonds is 37. The van der Waals surface area contributed by atoms with Crippen LogP contribution in [0, 0.1) is 0 Å². The van der Waals surface area contributed by atoms with Crippen molar-refractivity contribution in [1.82, 2.24) is 4.90 Å². The molecule has 43 heavy (non-hydrogen) atoms. The smallest absolute Gasteiger partial charge is 0.550 e. The first-order valence-corrected chi connectivity index (χ1v) is 19.6. The maximum Gasteiger partial charge on any atom is 1.00 e. The van der Waals surface area contributed by atoms with Crippen molar-refractivity contribution < 1.29 is 61.3 Å². The van der Waals surface area contributed by atoms with E-state index in [1.807, 2.05) is 0 Å². The van der Waals surface area contributed by atoms with E-state index in [1.54, 1.807) is 0 Å². The molecule has 0 N–H and O–H groups in total. The number of hydrogen-bond acceptors (Lipinski definition) is 3. The molecule has 0 aliphatic carbocycles. The summed E-state index contributed by atoms with van der Waals surface area (Å²) in [6.07, 6.45) is 44.8. The first-order valence-electron chi connectivity index (χ1n) is 19.6. The summed E-state index contributed by atoms with van der Waals surface area (Å²) in [7, 11) is 0. The molecule has 0 saturated carbocycles. The number of unbranched alkanes of at least 4 members (excludes halogenated alkanes) is 30. The normalized spacial score (nSPS) is 11.3. The second-order valence-corrected chi connectivity index (χ2v) is 13.6. The maximum atomic E-state index is 11.0. The first-order chi connectivity index (χ1) is 20.7. The molecule has 0 bridgehead atoms. The van der Waals surface area contributed by atoms with Crippen molar-refractivity contribution in [3.05, 3.63) is 0 Å². The fraction of sp³-hybridized carbons (Fsp3) is 0.974. The fourth-order valence-corrected chi connectivity index (χ4v) is 6.35. The molecule has 0 aromatic heterocycles. The summed E-state index contributed by atoms with van der Waals surface area (Å²) in [5, 5.41) is 11.0. The third kappa shape index (κ3) is 41.0. The van der Waals surface area contributed by atoms with Crippen molar-refractivity contribution in [2.45, 2.75) is 226 Å². The van der Waals surface area contributed by atoms with Crippen LogP contribution in [0.15, 0.2) is 0 Å². The number of nitrogens with zero attached hydrogens (tertiary/aromatic N) is 1. The quantitative estimate of drug-likeness (QED) is 0.0508. The average Bonchev–Trinajstić information content (AvgIpc) is 2.98. The van der Waals surface area contributed by atoms with Crippen LogP contribution in [0.2, 0.25) is 0 Å². The molecule has 252 valence electrons. The third-order valence-electron chi connectivity index (χ3n) is 9.29. The number of aliphatic carboxylic acids is 1. The Morgan fingerprint density at radius 1 is 0.372 bits per heavy atom. The molecule has 0 unspecified atom stereocenters. The van der Waals surface area contributed by atoms with Crippen LogP contribution >= 0.6 is 0 Å². The van der Waals surface area contributed by atoms with Gasteiger partial charge in [0.15, 0.2) is 0 Å². The van der Waals surface area contributed by atoms with Crippen LogP contribution in [-0.2, 0) is 4.79 Å². The Hall–Kier alpha value is 1.07. The molecular formula is C39H78KNO2. The summed E-state index contributed by atoms with van der Waals surface area (Å²) < 4.78 is 0. The maximum absolute atomic E-state index is 11.0. The van der Waals surface area contributed by atoms with Gasteiger partial charge in [-0.05, 0) is 32.4 Å². The largest absolute Gasteiger partial charge is 1.00 e. The Morgan fingerprint density at radius 3 is 0.791 bits per heavy atom. The zero-order valence-corrected chi connectivity index (χ0v) is 33.3. The number of hydrogen-bond donors (Lipinski definition) is 0. The van der Waals surface area contributed by atoms with Crippen molar-refractivity contribution in [3.63, 3.8) is 0 Å². The topological polar surface area (TPSA) is 43.4 Å². The molecule has 0 aliphatic rings. The van der Waals surface area contributed by atoms with Gasteiger partial charge in [-0.3, -0.25) is 0 Å². The van der Waals surface area contributed by atoms with Crippen LogP contribution in [0.3, 0.4) is 0 Å². The minimum Gasteiger partial charge on any atom is -0.550 e. The first kappa shape index (κ1) is 46.2. The van der Waals surface area contributed by atoms with Gasteiger partial charge >= 0.3 is 51.4 Å². The summed E-state index contributed by atoms with van der Waals surface area (Å²) in [5.41, 5.74) is 0. The van der Waals surface area contributed by atoms with Gasteiger partial charge in [0.1, 0.15) is 0 Å². The standard InChI is InChI=1S/C39H79NO2.K/c1-3-5-7-9-11-13-15-17-19-21-23-25-27-29-31-33-36-40(38-35-39(41)42)37-34-32-30-28-26-24-22-20-18-16-14-12-10-8-6-4-2;/h3-38H2,1-2H3,(H,41,42);/q;+1/p-1. The number of carbonyl (C=O) groups is 1. The predicted molar refractivity (Wildman–Crippen MR) is 185 cm³/mol. The summed E-state index contributed by atoms with van der Waals surface area (Å²) in [6.45, 7) is 7.37. The summed E-state index contributed by atoms with van der Waals surface area (Å²) in [5.74, 6) is -0.904. The molecule has 0 heterocycles. The Morgan fingerprint density at radius 2 is 0.581 bits per heavy atom. The Balaban J connectivity index is 0. The summed E-state index contributed by atoms with van der Waals surface area (Å²) >= 11 is 0. The van der Waals surface area contributed by atoms with Gasteiger partial charge in [0.05, 0.1) is 0 Å². The number of carbonyl (C=O) groups excluding carboxylic acids is 1. The Labute approximate surface area is 314 Å². The van der Waals surface area contributed by atoms with E-state index in [-0.39, 0.29) is 57.8 Å².